The highest BCUT2D eigenvalue weighted by Crippen LogP contribution is 2.24. The van der Waals surface area contributed by atoms with Gasteiger partial charge in [0.2, 0.25) is 0 Å². The van der Waals surface area contributed by atoms with Crippen LogP contribution in [0.2, 0.25) is 0 Å². The van der Waals surface area contributed by atoms with Gasteiger partial charge in [0.25, 0.3) is 0 Å². The Morgan fingerprint density at radius 3 is 3.05 bits per heavy atom. The molecule has 1 atom stereocenters. The Hall–Kier alpha value is -0.580. The van der Waals surface area contributed by atoms with E-state index >= 15 is 0 Å². The fourth-order valence-electron chi connectivity index (χ4n) is 2.81. The lowest BCUT2D eigenvalue weighted by atomic mass is 10.1. The zero-order chi connectivity index (χ0) is 13.9. The highest BCUT2D eigenvalue weighted by molar-refractivity contribution is 9.10. The number of aromatic nitrogens is 2. The molecule has 3 nitrogen and oxygen atoms in total. The smallest absolute Gasteiger partial charge is 0.124 e. The first-order valence-electron chi connectivity index (χ1n) is 7.10. The van der Waals surface area contributed by atoms with Crippen molar-refractivity contribution in [2.75, 3.05) is 6.61 Å². The van der Waals surface area contributed by atoms with Crippen LogP contribution in [0.5, 0.6) is 0 Å². The zero-order valence-electron chi connectivity index (χ0n) is 11.3. The third-order valence-corrected chi connectivity index (χ3v) is 4.59. The van der Waals surface area contributed by atoms with Gasteiger partial charge in [0.05, 0.1) is 23.0 Å². The van der Waals surface area contributed by atoms with E-state index < -0.39 is 0 Å². The van der Waals surface area contributed by atoms with E-state index in [2.05, 4.69) is 31.5 Å². The minimum atomic E-state index is 0.386. The van der Waals surface area contributed by atoms with E-state index in [0.29, 0.717) is 12.0 Å². The van der Waals surface area contributed by atoms with Crippen LogP contribution in [0.15, 0.2) is 22.7 Å². The molecule has 20 heavy (non-hydrogen) atoms. The van der Waals surface area contributed by atoms with Crippen LogP contribution in [0.1, 0.15) is 31.5 Å². The summed E-state index contributed by atoms with van der Waals surface area (Å²) < 4.78 is 9.11. The molecule has 2 aromatic rings. The molecule has 1 aromatic heterocycles. The molecule has 1 aliphatic rings. The maximum absolute atomic E-state index is 6.04. The molecule has 1 aliphatic heterocycles. The van der Waals surface area contributed by atoms with Gasteiger partial charge in [-0.05, 0) is 43.9 Å². The van der Waals surface area contributed by atoms with Gasteiger partial charge in [-0.25, -0.2) is 4.98 Å². The number of hydrogen-bond donors (Lipinski definition) is 0. The number of alkyl halides is 1. The largest absolute Gasteiger partial charge is 0.378 e. The number of benzene rings is 1. The minimum Gasteiger partial charge on any atom is -0.378 e. The standard InChI is InChI=1S/C15H18BrClN2O/c16-11-4-5-13-14(9-11)19(15(10-17)18-13)7-6-12-3-1-2-8-20-12/h4-5,9,12H,1-3,6-8,10H2. The summed E-state index contributed by atoms with van der Waals surface area (Å²) >= 11 is 9.57. The van der Waals surface area contributed by atoms with Gasteiger partial charge < -0.3 is 9.30 Å². The first-order chi connectivity index (χ1) is 9.78. The SMILES string of the molecule is ClCc1nc2ccc(Br)cc2n1CCC1CCCCO1. The summed E-state index contributed by atoms with van der Waals surface area (Å²) in [6.07, 6.45) is 5.07. The van der Waals surface area contributed by atoms with Gasteiger partial charge in [-0.1, -0.05) is 15.9 Å². The summed E-state index contributed by atoms with van der Waals surface area (Å²) in [5.74, 6) is 1.38. The molecule has 0 bridgehead atoms. The number of hydrogen-bond acceptors (Lipinski definition) is 2. The molecule has 0 aliphatic carbocycles. The molecule has 1 saturated heterocycles. The molecular weight excluding hydrogens is 340 g/mol. The van der Waals surface area contributed by atoms with E-state index in [0.717, 1.165) is 40.9 Å². The lowest BCUT2D eigenvalue weighted by Gasteiger charge is -2.23. The Morgan fingerprint density at radius 2 is 2.30 bits per heavy atom. The molecule has 5 heteroatoms. The van der Waals surface area contributed by atoms with Gasteiger partial charge in [0.15, 0.2) is 0 Å². The number of halogens is 2. The van der Waals surface area contributed by atoms with E-state index in [1.165, 1.54) is 19.3 Å². The normalized spacial score (nSPS) is 19.6. The predicted octanol–water partition coefficient (Wildman–Crippen LogP) is 4.50. The quantitative estimate of drug-likeness (QED) is 0.753. The van der Waals surface area contributed by atoms with Crippen molar-refractivity contribution >= 4 is 38.6 Å². The number of fused-ring (bicyclic) bond motifs is 1. The van der Waals surface area contributed by atoms with Crippen LogP contribution in [0.3, 0.4) is 0 Å². The molecule has 3 rings (SSSR count). The molecule has 1 fully saturated rings. The lowest BCUT2D eigenvalue weighted by molar-refractivity contribution is 0.00889. The summed E-state index contributed by atoms with van der Waals surface area (Å²) in [7, 11) is 0. The van der Waals surface area contributed by atoms with Crippen LogP contribution < -0.4 is 0 Å². The van der Waals surface area contributed by atoms with Crippen LogP contribution in [0.4, 0.5) is 0 Å². The molecule has 2 heterocycles. The van der Waals surface area contributed by atoms with Crippen molar-refractivity contribution in [2.45, 2.75) is 44.2 Å². The summed E-state index contributed by atoms with van der Waals surface area (Å²) in [5.41, 5.74) is 2.15. The Balaban J connectivity index is 1.83. The van der Waals surface area contributed by atoms with Crippen molar-refractivity contribution in [1.29, 1.82) is 0 Å². The fourth-order valence-corrected chi connectivity index (χ4v) is 3.36. The summed E-state index contributed by atoms with van der Waals surface area (Å²) in [5, 5.41) is 0. The third-order valence-electron chi connectivity index (χ3n) is 3.86. The van der Waals surface area contributed by atoms with Crippen LogP contribution in [-0.2, 0) is 17.2 Å². The molecule has 0 saturated carbocycles. The summed E-state index contributed by atoms with van der Waals surface area (Å²) in [6.45, 7) is 1.82. The molecule has 0 N–H and O–H groups in total. The first-order valence-corrected chi connectivity index (χ1v) is 8.43. The summed E-state index contributed by atoms with van der Waals surface area (Å²) in [6, 6.07) is 6.16. The van der Waals surface area contributed by atoms with Crippen molar-refractivity contribution in [3.8, 4) is 0 Å². The van der Waals surface area contributed by atoms with Gasteiger partial charge in [-0.15, -0.1) is 11.6 Å². The van der Waals surface area contributed by atoms with Gasteiger partial charge >= 0.3 is 0 Å². The van der Waals surface area contributed by atoms with Gasteiger partial charge in [0.1, 0.15) is 5.82 Å². The second-order valence-corrected chi connectivity index (χ2v) is 6.41. The Morgan fingerprint density at radius 1 is 1.40 bits per heavy atom. The monoisotopic (exact) mass is 356 g/mol. The average Bonchev–Trinajstić information content (AvgIpc) is 2.83. The maximum atomic E-state index is 6.04. The molecule has 0 spiro atoms. The molecule has 1 aromatic carbocycles. The van der Waals surface area contributed by atoms with Crippen LogP contribution in [-0.4, -0.2) is 22.3 Å². The lowest BCUT2D eigenvalue weighted by Crippen LogP contribution is -2.21. The number of nitrogens with zero attached hydrogens (tertiary/aromatic N) is 2. The van der Waals surface area contributed by atoms with Crippen molar-refractivity contribution in [3.05, 3.63) is 28.5 Å². The zero-order valence-corrected chi connectivity index (χ0v) is 13.7. The molecular formula is C15H18BrClN2O. The number of rotatable bonds is 4. The second-order valence-electron chi connectivity index (χ2n) is 5.22. The van der Waals surface area contributed by atoms with E-state index in [1.807, 2.05) is 12.1 Å². The number of imidazole rings is 1. The predicted molar refractivity (Wildman–Crippen MR) is 85.2 cm³/mol. The van der Waals surface area contributed by atoms with E-state index in [-0.39, 0.29) is 0 Å². The minimum absolute atomic E-state index is 0.386. The topological polar surface area (TPSA) is 27.1 Å². The molecule has 108 valence electrons. The van der Waals surface area contributed by atoms with Crippen molar-refractivity contribution in [2.24, 2.45) is 0 Å². The number of aryl methyl sites for hydroxylation is 1. The Bertz CT molecular complexity index is 593. The van der Waals surface area contributed by atoms with Crippen LogP contribution >= 0.6 is 27.5 Å². The second kappa shape index (κ2) is 6.46. The van der Waals surface area contributed by atoms with E-state index in [4.69, 9.17) is 16.3 Å². The Labute approximate surface area is 132 Å². The highest BCUT2D eigenvalue weighted by Gasteiger charge is 2.16. The maximum Gasteiger partial charge on any atom is 0.124 e. The van der Waals surface area contributed by atoms with Crippen LogP contribution in [0.25, 0.3) is 11.0 Å². The third kappa shape index (κ3) is 3.02. The van der Waals surface area contributed by atoms with Gasteiger partial charge in [0, 0.05) is 17.6 Å². The fraction of sp³-hybridized carbons (Fsp3) is 0.533. The molecule has 0 amide bonds. The van der Waals surface area contributed by atoms with E-state index in [1.54, 1.807) is 0 Å². The number of ether oxygens (including phenoxy) is 1. The van der Waals surface area contributed by atoms with Gasteiger partial charge in [-0.2, -0.15) is 0 Å². The Kier molecular flexibility index (Phi) is 4.64. The average molecular weight is 358 g/mol. The summed E-state index contributed by atoms with van der Waals surface area (Å²) in [4.78, 5) is 4.61. The van der Waals surface area contributed by atoms with Crippen molar-refractivity contribution in [3.63, 3.8) is 0 Å². The first kappa shape index (κ1) is 14.4. The van der Waals surface area contributed by atoms with E-state index in [9.17, 15) is 0 Å². The molecule has 1 unspecified atom stereocenters. The van der Waals surface area contributed by atoms with Gasteiger partial charge in [-0.3, -0.25) is 0 Å². The molecule has 0 radical (unpaired) electrons. The van der Waals surface area contributed by atoms with Crippen molar-refractivity contribution in [1.82, 2.24) is 9.55 Å². The van der Waals surface area contributed by atoms with Crippen LogP contribution in [0, 0.1) is 0 Å². The van der Waals surface area contributed by atoms with Crippen molar-refractivity contribution < 1.29 is 4.74 Å². The highest BCUT2D eigenvalue weighted by atomic mass is 79.9.